The minimum Gasteiger partial charge on any atom is -0.490 e. The molecule has 1 unspecified atom stereocenters. The maximum absolute atomic E-state index is 14.3. The second-order valence-corrected chi connectivity index (χ2v) is 7.08. The maximum Gasteiger partial charge on any atom is 0.191 e. The molecule has 1 aliphatic carbocycles. The van der Waals surface area contributed by atoms with Crippen molar-refractivity contribution in [1.29, 1.82) is 0 Å². The van der Waals surface area contributed by atoms with Gasteiger partial charge < -0.3 is 15.4 Å². The Kier molecular flexibility index (Phi) is 8.53. The number of halogens is 2. The van der Waals surface area contributed by atoms with Crippen molar-refractivity contribution in [2.75, 3.05) is 20.2 Å². The second kappa shape index (κ2) is 10.6. The Labute approximate surface area is 183 Å². The Hall–Kier alpha value is -1.84. The molecule has 0 spiro atoms. The third kappa shape index (κ3) is 6.65. The van der Waals surface area contributed by atoms with E-state index in [4.69, 9.17) is 4.74 Å². The monoisotopic (exact) mass is 501 g/mol. The molecule has 1 aliphatic rings. The lowest BCUT2D eigenvalue weighted by atomic mass is 10.1. The van der Waals surface area contributed by atoms with Gasteiger partial charge in [-0.1, -0.05) is 6.07 Å². The zero-order chi connectivity index (χ0) is 19.2. The normalized spacial score (nSPS) is 14.9. The molecule has 154 valence electrons. The summed E-state index contributed by atoms with van der Waals surface area (Å²) >= 11 is 0. The average Bonchev–Trinajstić information content (AvgIpc) is 3.40. The molecule has 1 saturated carbocycles. The first-order chi connectivity index (χ1) is 13.0. The predicted octanol–water partition coefficient (Wildman–Crippen LogP) is 3.43. The molecule has 1 aromatic heterocycles. The van der Waals surface area contributed by atoms with Crippen LogP contribution in [0.4, 0.5) is 4.39 Å². The highest BCUT2D eigenvalue weighted by Crippen LogP contribution is 2.30. The predicted molar refractivity (Wildman–Crippen MR) is 120 cm³/mol. The van der Waals surface area contributed by atoms with E-state index in [0.29, 0.717) is 24.2 Å². The Morgan fingerprint density at radius 1 is 1.43 bits per heavy atom. The fourth-order valence-electron chi connectivity index (χ4n) is 2.80. The summed E-state index contributed by atoms with van der Waals surface area (Å²) in [4.78, 5) is 4.24. The number of guanidine groups is 1. The fraction of sp³-hybridized carbons (Fsp3) is 0.500. The molecule has 0 radical (unpaired) electrons. The highest BCUT2D eigenvalue weighted by molar-refractivity contribution is 14.0. The molecule has 1 fully saturated rings. The van der Waals surface area contributed by atoms with Crippen LogP contribution in [0.1, 0.15) is 36.9 Å². The van der Waals surface area contributed by atoms with Crippen molar-refractivity contribution in [3.8, 4) is 5.75 Å². The topological polar surface area (TPSA) is 63.5 Å². The zero-order valence-electron chi connectivity index (χ0n) is 16.6. The molecule has 2 aromatic rings. The number of nitrogens with zero attached hydrogens (tertiary/aromatic N) is 3. The van der Waals surface area contributed by atoms with Crippen LogP contribution in [0, 0.1) is 11.7 Å². The Morgan fingerprint density at radius 2 is 2.21 bits per heavy atom. The quantitative estimate of drug-likeness (QED) is 0.331. The lowest BCUT2D eigenvalue weighted by molar-refractivity contribution is 0.285. The summed E-state index contributed by atoms with van der Waals surface area (Å²) in [6.45, 7) is 3.32. The third-order valence-corrected chi connectivity index (χ3v) is 4.67. The van der Waals surface area contributed by atoms with E-state index in [1.807, 2.05) is 32.4 Å². The first-order valence-electron chi connectivity index (χ1n) is 9.42. The molecule has 0 bridgehead atoms. The molecule has 6 nitrogen and oxygen atoms in total. The van der Waals surface area contributed by atoms with Gasteiger partial charge in [-0.2, -0.15) is 5.10 Å². The summed E-state index contributed by atoms with van der Waals surface area (Å²) < 4.78 is 21.6. The number of nitrogens with one attached hydrogen (secondary N) is 2. The van der Waals surface area contributed by atoms with Crippen LogP contribution in [-0.2, 0) is 13.5 Å². The van der Waals surface area contributed by atoms with Crippen molar-refractivity contribution in [2.45, 2.75) is 32.2 Å². The molecule has 0 saturated heterocycles. The summed E-state index contributed by atoms with van der Waals surface area (Å²) in [5.41, 5.74) is 2.01. The Bertz CT molecular complexity index is 791. The van der Waals surface area contributed by atoms with E-state index < -0.39 is 0 Å². The number of ether oxygens (including phenoxy) is 1. The third-order valence-electron chi connectivity index (χ3n) is 4.67. The van der Waals surface area contributed by atoms with Crippen LogP contribution in [0.3, 0.4) is 0 Å². The average molecular weight is 501 g/mol. The molecule has 0 amide bonds. The van der Waals surface area contributed by atoms with Crippen molar-refractivity contribution in [2.24, 2.45) is 18.0 Å². The summed E-state index contributed by atoms with van der Waals surface area (Å²) in [6, 6.07) is 5.06. The number of aromatic nitrogens is 2. The van der Waals surface area contributed by atoms with Crippen molar-refractivity contribution in [3.63, 3.8) is 0 Å². The van der Waals surface area contributed by atoms with E-state index in [1.54, 1.807) is 17.8 Å². The molecule has 1 atom stereocenters. The maximum atomic E-state index is 14.3. The lowest BCUT2D eigenvalue weighted by Crippen LogP contribution is -2.39. The van der Waals surface area contributed by atoms with E-state index in [2.05, 4.69) is 20.7 Å². The molecule has 2 N–H and O–H groups in total. The Morgan fingerprint density at radius 3 is 2.82 bits per heavy atom. The van der Waals surface area contributed by atoms with E-state index >= 15 is 0 Å². The lowest BCUT2D eigenvalue weighted by Gasteiger charge is -2.19. The van der Waals surface area contributed by atoms with Crippen LogP contribution in [0.2, 0.25) is 0 Å². The van der Waals surface area contributed by atoms with Crippen molar-refractivity contribution in [3.05, 3.63) is 47.5 Å². The van der Waals surface area contributed by atoms with E-state index in [-0.39, 0.29) is 35.8 Å². The van der Waals surface area contributed by atoms with Crippen LogP contribution >= 0.6 is 24.0 Å². The fourth-order valence-corrected chi connectivity index (χ4v) is 2.80. The second-order valence-electron chi connectivity index (χ2n) is 7.08. The van der Waals surface area contributed by atoms with Gasteiger partial charge >= 0.3 is 0 Å². The van der Waals surface area contributed by atoms with Crippen molar-refractivity contribution >= 4 is 29.9 Å². The van der Waals surface area contributed by atoms with Crippen LogP contribution in [0.25, 0.3) is 0 Å². The molecule has 1 aromatic carbocycles. The number of hydrogen-bond donors (Lipinski definition) is 2. The van der Waals surface area contributed by atoms with Crippen LogP contribution < -0.4 is 15.4 Å². The number of rotatable bonds is 8. The van der Waals surface area contributed by atoms with Crippen LogP contribution in [0.15, 0.2) is 35.6 Å². The molecular weight excluding hydrogens is 472 g/mol. The number of hydrogen-bond acceptors (Lipinski definition) is 3. The molecule has 3 rings (SSSR count). The van der Waals surface area contributed by atoms with Crippen LogP contribution in [0.5, 0.6) is 5.75 Å². The summed E-state index contributed by atoms with van der Waals surface area (Å²) in [7, 11) is 3.63. The number of benzene rings is 1. The SMILES string of the molecule is CN=C(NCCc1cnn(C)c1)NC(C)c1ccc(OCC2CC2)c(F)c1.I. The van der Waals surface area contributed by atoms with Gasteiger partial charge in [-0.3, -0.25) is 9.67 Å². The van der Waals surface area contributed by atoms with E-state index in [0.717, 1.165) is 24.1 Å². The molecule has 0 aliphatic heterocycles. The highest BCUT2D eigenvalue weighted by atomic mass is 127. The van der Waals surface area contributed by atoms with Gasteiger partial charge in [0.1, 0.15) is 0 Å². The van der Waals surface area contributed by atoms with Crippen LogP contribution in [-0.4, -0.2) is 35.9 Å². The summed E-state index contributed by atoms with van der Waals surface area (Å²) in [5.74, 6) is 1.30. The number of aliphatic imine (C=N–C) groups is 1. The summed E-state index contributed by atoms with van der Waals surface area (Å²) in [6.07, 6.45) is 7.08. The van der Waals surface area contributed by atoms with Crippen molar-refractivity contribution in [1.82, 2.24) is 20.4 Å². The first kappa shape index (κ1) is 22.4. The van der Waals surface area contributed by atoms with Gasteiger partial charge in [-0.25, -0.2) is 4.39 Å². The molecule has 1 heterocycles. The van der Waals surface area contributed by atoms with Gasteiger partial charge in [-0.05, 0) is 55.4 Å². The zero-order valence-corrected chi connectivity index (χ0v) is 18.9. The smallest absolute Gasteiger partial charge is 0.191 e. The van der Waals surface area contributed by atoms with Gasteiger partial charge in [0.2, 0.25) is 0 Å². The van der Waals surface area contributed by atoms with Gasteiger partial charge in [0.15, 0.2) is 17.5 Å². The highest BCUT2D eigenvalue weighted by Gasteiger charge is 2.22. The standard InChI is InChI=1S/C20H28FN5O.HI/c1-14(17-6-7-19(18(21)10-17)27-13-15-4-5-15)25-20(22-2)23-9-8-16-11-24-26(3)12-16;/h6-7,10-12,14-15H,4-5,8-9,13H2,1-3H3,(H2,22,23,25);1H. The van der Waals surface area contributed by atoms with E-state index in [9.17, 15) is 4.39 Å². The minimum atomic E-state index is -0.318. The van der Waals surface area contributed by atoms with Gasteiger partial charge in [0.25, 0.3) is 0 Å². The van der Waals surface area contributed by atoms with E-state index in [1.165, 1.54) is 18.9 Å². The van der Waals surface area contributed by atoms with Gasteiger partial charge in [0.05, 0.1) is 18.8 Å². The molecule has 28 heavy (non-hydrogen) atoms. The first-order valence-corrected chi connectivity index (χ1v) is 9.42. The minimum absolute atomic E-state index is 0. The van der Waals surface area contributed by atoms with Crippen molar-refractivity contribution < 1.29 is 9.13 Å². The number of aryl methyl sites for hydroxylation is 1. The largest absolute Gasteiger partial charge is 0.490 e. The van der Waals surface area contributed by atoms with Gasteiger partial charge in [-0.15, -0.1) is 24.0 Å². The summed E-state index contributed by atoms with van der Waals surface area (Å²) in [5, 5.41) is 10.7. The molecular formula is C20H29FIN5O. The Balaban J connectivity index is 0.00000280. The molecule has 8 heteroatoms. The van der Waals surface area contributed by atoms with Gasteiger partial charge in [0, 0.05) is 26.8 Å².